The molecule has 0 aromatic rings. The zero-order valence-corrected chi connectivity index (χ0v) is 7.15. The lowest BCUT2D eigenvalue weighted by Crippen LogP contribution is -2.24. The standard InChI is InChI=1S/C7H14O2S/c1-10(8)6-7-4-2-3-5-9-7/h7H,2-6H2,1H3/t7?,10-/m0/s1. The third-order valence-electron chi connectivity index (χ3n) is 1.69. The second-order valence-corrected chi connectivity index (χ2v) is 4.21. The fourth-order valence-corrected chi connectivity index (χ4v) is 1.99. The quantitative estimate of drug-likeness (QED) is 0.604. The van der Waals surface area contributed by atoms with Gasteiger partial charge in [0.25, 0.3) is 0 Å². The number of hydrogen-bond donors (Lipinski definition) is 0. The van der Waals surface area contributed by atoms with E-state index < -0.39 is 10.8 Å². The summed E-state index contributed by atoms with van der Waals surface area (Å²) in [6.07, 6.45) is 5.52. The van der Waals surface area contributed by atoms with Crippen LogP contribution in [0.2, 0.25) is 0 Å². The molecule has 1 aliphatic heterocycles. The van der Waals surface area contributed by atoms with E-state index in [0.717, 1.165) is 18.8 Å². The Morgan fingerprint density at radius 1 is 1.60 bits per heavy atom. The molecule has 0 aromatic carbocycles. The summed E-state index contributed by atoms with van der Waals surface area (Å²) in [5.74, 6) is 0.722. The van der Waals surface area contributed by atoms with Crippen LogP contribution in [0.4, 0.5) is 0 Å². The van der Waals surface area contributed by atoms with E-state index in [1.807, 2.05) is 0 Å². The van der Waals surface area contributed by atoms with Crippen molar-refractivity contribution in [3.05, 3.63) is 0 Å². The molecule has 3 heteroatoms. The molecule has 1 saturated heterocycles. The van der Waals surface area contributed by atoms with Gasteiger partial charge in [-0.15, -0.1) is 0 Å². The fourth-order valence-electron chi connectivity index (χ4n) is 1.20. The first kappa shape index (κ1) is 8.21. The van der Waals surface area contributed by atoms with Crippen LogP contribution in [0.25, 0.3) is 0 Å². The van der Waals surface area contributed by atoms with Crippen LogP contribution in [0.1, 0.15) is 19.3 Å². The molecule has 1 aliphatic rings. The second-order valence-electron chi connectivity index (χ2n) is 2.73. The molecule has 0 aliphatic carbocycles. The van der Waals surface area contributed by atoms with E-state index in [1.165, 1.54) is 12.8 Å². The van der Waals surface area contributed by atoms with Gasteiger partial charge >= 0.3 is 0 Å². The number of rotatable bonds is 2. The van der Waals surface area contributed by atoms with Crippen LogP contribution in [-0.4, -0.2) is 28.9 Å². The summed E-state index contributed by atoms with van der Waals surface area (Å²) in [6, 6.07) is 0. The predicted molar refractivity (Wildman–Crippen MR) is 42.5 cm³/mol. The van der Waals surface area contributed by atoms with E-state index in [2.05, 4.69) is 0 Å². The normalized spacial score (nSPS) is 29.9. The highest BCUT2D eigenvalue weighted by Crippen LogP contribution is 2.12. The van der Waals surface area contributed by atoms with E-state index in [4.69, 9.17) is 4.74 Å². The van der Waals surface area contributed by atoms with Gasteiger partial charge < -0.3 is 4.74 Å². The van der Waals surface area contributed by atoms with E-state index >= 15 is 0 Å². The van der Waals surface area contributed by atoms with Gasteiger partial charge in [-0.05, 0) is 19.3 Å². The minimum Gasteiger partial charge on any atom is -0.377 e. The van der Waals surface area contributed by atoms with Crippen molar-refractivity contribution in [3.8, 4) is 0 Å². The lowest BCUT2D eigenvalue weighted by Gasteiger charge is -2.21. The molecule has 0 saturated carbocycles. The lowest BCUT2D eigenvalue weighted by molar-refractivity contribution is 0.0311. The van der Waals surface area contributed by atoms with Crippen molar-refractivity contribution in [3.63, 3.8) is 0 Å². The van der Waals surface area contributed by atoms with Gasteiger partial charge in [0.1, 0.15) is 0 Å². The SMILES string of the molecule is C[S@](=O)CC1CCCCO1. The van der Waals surface area contributed by atoms with Crippen LogP contribution in [-0.2, 0) is 15.5 Å². The van der Waals surface area contributed by atoms with E-state index in [0.29, 0.717) is 0 Å². The minimum absolute atomic E-state index is 0.277. The van der Waals surface area contributed by atoms with Crippen molar-refractivity contribution < 1.29 is 8.95 Å². The average molecular weight is 162 g/mol. The number of ether oxygens (including phenoxy) is 1. The first-order valence-electron chi connectivity index (χ1n) is 3.70. The molecule has 0 spiro atoms. The summed E-state index contributed by atoms with van der Waals surface area (Å²) in [5, 5.41) is 0. The van der Waals surface area contributed by atoms with Crippen LogP contribution < -0.4 is 0 Å². The van der Waals surface area contributed by atoms with Gasteiger partial charge in [0.05, 0.1) is 6.10 Å². The Balaban J connectivity index is 2.19. The van der Waals surface area contributed by atoms with Crippen molar-refractivity contribution in [1.29, 1.82) is 0 Å². The highest BCUT2D eigenvalue weighted by Gasteiger charge is 2.14. The van der Waals surface area contributed by atoms with Gasteiger partial charge in [-0.25, -0.2) is 0 Å². The monoisotopic (exact) mass is 162 g/mol. The Bertz CT molecular complexity index is 119. The maximum Gasteiger partial charge on any atom is 0.0690 e. The summed E-state index contributed by atoms with van der Waals surface area (Å²) in [6.45, 7) is 0.863. The summed E-state index contributed by atoms with van der Waals surface area (Å²) >= 11 is 0. The highest BCUT2D eigenvalue weighted by atomic mass is 32.2. The van der Waals surface area contributed by atoms with Gasteiger partial charge in [-0.2, -0.15) is 0 Å². The summed E-state index contributed by atoms with van der Waals surface area (Å²) < 4.78 is 16.1. The van der Waals surface area contributed by atoms with Crippen LogP contribution in [0.3, 0.4) is 0 Å². The molecule has 2 atom stereocenters. The molecule has 60 valence electrons. The smallest absolute Gasteiger partial charge is 0.0690 e. The third-order valence-corrected chi connectivity index (χ3v) is 2.54. The Hall–Kier alpha value is 0.110. The molecule has 1 rings (SSSR count). The molecule has 0 N–H and O–H groups in total. The Labute approximate surface area is 64.4 Å². The predicted octanol–water partition coefficient (Wildman–Crippen LogP) is 0.934. The minimum atomic E-state index is -0.688. The van der Waals surface area contributed by atoms with Gasteiger partial charge in [-0.3, -0.25) is 4.21 Å². The molecular formula is C7H14O2S. The van der Waals surface area contributed by atoms with Crippen LogP contribution in [0.5, 0.6) is 0 Å². The molecule has 10 heavy (non-hydrogen) atoms. The van der Waals surface area contributed by atoms with Crippen molar-refractivity contribution in [2.45, 2.75) is 25.4 Å². The number of hydrogen-bond acceptors (Lipinski definition) is 2. The van der Waals surface area contributed by atoms with Gasteiger partial charge in [0.2, 0.25) is 0 Å². The molecular weight excluding hydrogens is 148 g/mol. The van der Waals surface area contributed by atoms with Gasteiger partial charge in [0, 0.05) is 29.4 Å². The van der Waals surface area contributed by atoms with Gasteiger partial charge in [0.15, 0.2) is 0 Å². The molecule has 0 amide bonds. The Morgan fingerprint density at radius 3 is 2.90 bits per heavy atom. The largest absolute Gasteiger partial charge is 0.377 e. The first-order chi connectivity index (χ1) is 4.79. The maximum absolute atomic E-state index is 10.7. The Kier molecular flexibility index (Phi) is 3.35. The third kappa shape index (κ3) is 2.80. The van der Waals surface area contributed by atoms with Gasteiger partial charge in [-0.1, -0.05) is 0 Å². The summed E-state index contributed by atoms with van der Waals surface area (Å²) in [5.41, 5.74) is 0. The lowest BCUT2D eigenvalue weighted by atomic mass is 10.1. The molecule has 0 bridgehead atoms. The van der Waals surface area contributed by atoms with Crippen molar-refractivity contribution in [1.82, 2.24) is 0 Å². The van der Waals surface area contributed by atoms with E-state index in [1.54, 1.807) is 6.26 Å². The molecule has 2 nitrogen and oxygen atoms in total. The van der Waals surface area contributed by atoms with Crippen molar-refractivity contribution in [2.75, 3.05) is 18.6 Å². The van der Waals surface area contributed by atoms with E-state index in [9.17, 15) is 4.21 Å². The first-order valence-corrected chi connectivity index (χ1v) is 5.43. The molecule has 1 heterocycles. The van der Waals surface area contributed by atoms with Crippen LogP contribution >= 0.6 is 0 Å². The Morgan fingerprint density at radius 2 is 2.40 bits per heavy atom. The highest BCUT2D eigenvalue weighted by molar-refractivity contribution is 7.84. The molecule has 0 aromatic heterocycles. The fraction of sp³-hybridized carbons (Fsp3) is 1.00. The molecule has 1 fully saturated rings. The van der Waals surface area contributed by atoms with Crippen molar-refractivity contribution >= 4 is 10.8 Å². The molecule has 0 radical (unpaired) electrons. The summed E-state index contributed by atoms with van der Waals surface area (Å²) in [4.78, 5) is 0. The maximum atomic E-state index is 10.7. The zero-order chi connectivity index (χ0) is 7.40. The summed E-state index contributed by atoms with van der Waals surface area (Å²) in [7, 11) is -0.688. The van der Waals surface area contributed by atoms with Crippen molar-refractivity contribution in [2.24, 2.45) is 0 Å². The topological polar surface area (TPSA) is 26.3 Å². The average Bonchev–Trinajstić information content (AvgIpc) is 1.88. The van der Waals surface area contributed by atoms with Crippen LogP contribution in [0.15, 0.2) is 0 Å². The zero-order valence-electron chi connectivity index (χ0n) is 6.34. The van der Waals surface area contributed by atoms with Crippen LogP contribution in [0, 0.1) is 0 Å². The molecule has 1 unspecified atom stereocenters. The van der Waals surface area contributed by atoms with E-state index in [-0.39, 0.29) is 6.10 Å². The second kappa shape index (κ2) is 4.09.